The third-order valence-electron chi connectivity index (χ3n) is 4.40. The van der Waals surface area contributed by atoms with Crippen LogP contribution in [0.5, 0.6) is 0 Å². The molecular formula is C13H25NO. The second kappa shape index (κ2) is 5.31. The highest BCUT2D eigenvalue weighted by Crippen LogP contribution is 2.40. The topological polar surface area (TPSA) is 23.5 Å². The van der Waals surface area contributed by atoms with Gasteiger partial charge in [0.2, 0.25) is 0 Å². The van der Waals surface area contributed by atoms with E-state index in [2.05, 4.69) is 11.9 Å². The van der Waals surface area contributed by atoms with Gasteiger partial charge in [0.1, 0.15) is 0 Å². The fourth-order valence-electron chi connectivity index (χ4n) is 3.59. The molecule has 2 rings (SSSR count). The Hall–Kier alpha value is -0.0800. The number of aliphatic hydroxyl groups excluding tert-OH is 1. The summed E-state index contributed by atoms with van der Waals surface area (Å²) in [4.78, 5) is 2.42. The Bertz CT molecular complexity index is 183. The molecular weight excluding hydrogens is 186 g/mol. The Morgan fingerprint density at radius 3 is 2.40 bits per heavy atom. The van der Waals surface area contributed by atoms with Gasteiger partial charge in [-0.3, -0.25) is 0 Å². The molecule has 1 saturated heterocycles. The van der Waals surface area contributed by atoms with Gasteiger partial charge in [0.15, 0.2) is 0 Å². The SMILES string of the molecule is CN1CC(C(CCCO)C2CCCC2)C1. The summed E-state index contributed by atoms with van der Waals surface area (Å²) in [5, 5.41) is 8.97. The molecule has 1 atom stereocenters. The lowest BCUT2D eigenvalue weighted by atomic mass is 9.74. The molecule has 0 aromatic rings. The Balaban J connectivity index is 1.84. The molecule has 15 heavy (non-hydrogen) atoms. The van der Waals surface area contributed by atoms with E-state index >= 15 is 0 Å². The fourth-order valence-corrected chi connectivity index (χ4v) is 3.59. The molecule has 0 aromatic heterocycles. The Labute approximate surface area is 93.7 Å². The van der Waals surface area contributed by atoms with Crippen LogP contribution in [0.2, 0.25) is 0 Å². The monoisotopic (exact) mass is 211 g/mol. The minimum absolute atomic E-state index is 0.381. The smallest absolute Gasteiger partial charge is 0.0431 e. The molecule has 1 N–H and O–H groups in total. The first kappa shape index (κ1) is 11.4. The van der Waals surface area contributed by atoms with Crippen molar-refractivity contribution in [1.82, 2.24) is 4.90 Å². The van der Waals surface area contributed by atoms with Crippen molar-refractivity contribution in [3.8, 4) is 0 Å². The normalized spacial score (nSPS) is 26.8. The molecule has 2 heteroatoms. The van der Waals surface area contributed by atoms with Crippen molar-refractivity contribution < 1.29 is 5.11 Å². The molecule has 0 spiro atoms. The standard InChI is InChI=1S/C13H25NO/c1-14-9-12(10-14)13(7-4-8-15)11-5-2-3-6-11/h11-13,15H,2-10H2,1H3. The molecule has 1 aliphatic carbocycles. The van der Waals surface area contributed by atoms with Crippen LogP contribution in [0.3, 0.4) is 0 Å². The predicted octanol–water partition coefficient (Wildman–Crippen LogP) is 2.13. The van der Waals surface area contributed by atoms with Crippen molar-refractivity contribution in [2.45, 2.75) is 38.5 Å². The summed E-state index contributed by atoms with van der Waals surface area (Å²) >= 11 is 0. The number of aliphatic hydroxyl groups is 1. The lowest BCUT2D eigenvalue weighted by Gasteiger charge is -2.43. The van der Waals surface area contributed by atoms with Crippen molar-refractivity contribution in [2.24, 2.45) is 17.8 Å². The minimum atomic E-state index is 0.381. The van der Waals surface area contributed by atoms with Crippen molar-refractivity contribution in [3.63, 3.8) is 0 Å². The van der Waals surface area contributed by atoms with Crippen LogP contribution in [0.1, 0.15) is 38.5 Å². The summed E-state index contributed by atoms with van der Waals surface area (Å²) < 4.78 is 0. The molecule has 0 aromatic carbocycles. The minimum Gasteiger partial charge on any atom is -0.396 e. The molecule has 2 aliphatic rings. The van der Waals surface area contributed by atoms with E-state index in [0.717, 1.165) is 24.2 Å². The third-order valence-corrected chi connectivity index (χ3v) is 4.40. The van der Waals surface area contributed by atoms with E-state index in [-0.39, 0.29) is 0 Å². The van der Waals surface area contributed by atoms with Crippen molar-refractivity contribution in [1.29, 1.82) is 0 Å². The van der Waals surface area contributed by atoms with Crippen LogP contribution in [0.4, 0.5) is 0 Å². The van der Waals surface area contributed by atoms with Gasteiger partial charge in [-0.15, -0.1) is 0 Å². The number of nitrogens with zero attached hydrogens (tertiary/aromatic N) is 1. The molecule has 1 heterocycles. The van der Waals surface area contributed by atoms with Crippen LogP contribution < -0.4 is 0 Å². The van der Waals surface area contributed by atoms with Crippen LogP contribution in [0.15, 0.2) is 0 Å². The van der Waals surface area contributed by atoms with Gasteiger partial charge in [0.05, 0.1) is 0 Å². The van der Waals surface area contributed by atoms with Gasteiger partial charge in [-0.2, -0.15) is 0 Å². The van der Waals surface area contributed by atoms with Crippen LogP contribution in [0.25, 0.3) is 0 Å². The molecule has 1 aliphatic heterocycles. The second-order valence-electron chi connectivity index (χ2n) is 5.56. The summed E-state index contributed by atoms with van der Waals surface area (Å²) in [7, 11) is 2.22. The Morgan fingerprint density at radius 1 is 1.20 bits per heavy atom. The van der Waals surface area contributed by atoms with E-state index in [4.69, 9.17) is 5.11 Å². The third kappa shape index (κ3) is 2.73. The maximum atomic E-state index is 8.97. The molecule has 1 saturated carbocycles. The Morgan fingerprint density at radius 2 is 1.87 bits per heavy atom. The van der Waals surface area contributed by atoms with Crippen molar-refractivity contribution in [3.05, 3.63) is 0 Å². The van der Waals surface area contributed by atoms with Gasteiger partial charge in [-0.05, 0) is 37.6 Å². The maximum absolute atomic E-state index is 8.97. The maximum Gasteiger partial charge on any atom is 0.0431 e. The zero-order chi connectivity index (χ0) is 10.7. The molecule has 1 unspecified atom stereocenters. The number of rotatable bonds is 5. The first-order valence-electron chi connectivity index (χ1n) is 6.60. The van der Waals surface area contributed by atoms with E-state index in [1.807, 2.05) is 0 Å². The average molecular weight is 211 g/mol. The number of hydrogen-bond donors (Lipinski definition) is 1. The highest BCUT2D eigenvalue weighted by atomic mass is 16.2. The van der Waals surface area contributed by atoms with E-state index in [9.17, 15) is 0 Å². The lowest BCUT2D eigenvalue weighted by Crippen LogP contribution is -2.48. The molecule has 2 nitrogen and oxygen atoms in total. The van der Waals surface area contributed by atoms with Gasteiger partial charge in [0.25, 0.3) is 0 Å². The zero-order valence-electron chi connectivity index (χ0n) is 9.99. The van der Waals surface area contributed by atoms with E-state index in [1.54, 1.807) is 0 Å². The quantitative estimate of drug-likeness (QED) is 0.753. The van der Waals surface area contributed by atoms with Gasteiger partial charge in [-0.1, -0.05) is 25.7 Å². The van der Waals surface area contributed by atoms with Gasteiger partial charge in [0, 0.05) is 19.7 Å². The number of hydrogen-bond acceptors (Lipinski definition) is 2. The van der Waals surface area contributed by atoms with Crippen molar-refractivity contribution >= 4 is 0 Å². The molecule has 0 bridgehead atoms. The number of likely N-dealkylation sites (tertiary alicyclic amines) is 1. The van der Waals surface area contributed by atoms with E-state index in [0.29, 0.717) is 6.61 Å². The first-order chi connectivity index (χ1) is 7.31. The fraction of sp³-hybridized carbons (Fsp3) is 1.00. The first-order valence-corrected chi connectivity index (χ1v) is 6.60. The van der Waals surface area contributed by atoms with Gasteiger partial charge < -0.3 is 10.0 Å². The van der Waals surface area contributed by atoms with Crippen LogP contribution in [-0.2, 0) is 0 Å². The highest BCUT2D eigenvalue weighted by Gasteiger charge is 2.36. The largest absolute Gasteiger partial charge is 0.396 e. The molecule has 0 amide bonds. The lowest BCUT2D eigenvalue weighted by molar-refractivity contribution is 0.0472. The highest BCUT2D eigenvalue weighted by molar-refractivity contribution is 4.88. The summed E-state index contributed by atoms with van der Waals surface area (Å²) in [6, 6.07) is 0. The van der Waals surface area contributed by atoms with E-state index < -0.39 is 0 Å². The zero-order valence-corrected chi connectivity index (χ0v) is 9.99. The second-order valence-corrected chi connectivity index (χ2v) is 5.56. The average Bonchev–Trinajstić information content (AvgIpc) is 2.68. The molecule has 88 valence electrons. The summed E-state index contributed by atoms with van der Waals surface area (Å²) in [6.07, 6.45) is 8.08. The Kier molecular flexibility index (Phi) is 4.04. The van der Waals surface area contributed by atoms with Crippen LogP contribution in [-0.4, -0.2) is 36.8 Å². The summed E-state index contributed by atoms with van der Waals surface area (Å²) in [5.74, 6) is 2.83. The summed E-state index contributed by atoms with van der Waals surface area (Å²) in [5.41, 5.74) is 0. The summed E-state index contributed by atoms with van der Waals surface area (Å²) in [6.45, 7) is 2.98. The van der Waals surface area contributed by atoms with Gasteiger partial charge in [-0.25, -0.2) is 0 Å². The van der Waals surface area contributed by atoms with Crippen LogP contribution in [0, 0.1) is 17.8 Å². The predicted molar refractivity (Wildman–Crippen MR) is 62.8 cm³/mol. The van der Waals surface area contributed by atoms with Gasteiger partial charge >= 0.3 is 0 Å². The molecule has 0 radical (unpaired) electrons. The van der Waals surface area contributed by atoms with Crippen LogP contribution >= 0.6 is 0 Å². The van der Waals surface area contributed by atoms with Crippen molar-refractivity contribution in [2.75, 3.05) is 26.7 Å². The molecule has 2 fully saturated rings. The van der Waals surface area contributed by atoms with E-state index in [1.165, 1.54) is 45.2 Å².